The van der Waals surface area contributed by atoms with Gasteiger partial charge in [0.05, 0.1) is 37.1 Å². The summed E-state index contributed by atoms with van der Waals surface area (Å²) in [4.78, 5) is 12.5. The maximum absolute atomic E-state index is 12.5. The van der Waals surface area contributed by atoms with Crippen LogP contribution in [0.1, 0.15) is 54.4 Å². The Morgan fingerprint density at radius 2 is 1.81 bits per heavy atom. The van der Waals surface area contributed by atoms with Crippen LogP contribution in [0.4, 0.5) is 0 Å². The van der Waals surface area contributed by atoms with Crippen molar-refractivity contribution in [2.24, 2.45) is 5.73 Å². The Hall–Kier alpha value is 1.29. The molecule has 2 rings (SSSR count). The van der Waals surface area contributed by atoms with E-state index in [1.54, 1.807) is 0 Å². The summed E-state index contributed by atoms with van der Waals surface area (Å²) < 4.78 is 46.0. The molecule has 0 spiro atoms. The molecular weight excluding hydrogens is 769 g/mol. The summed E-state index contributed by atoms with van der Waals surface area (Å²) in [5.41, 5.74) is 4.87. The number of nitrogens with two attached hydrogens (primary N) is 1. The van der Waals surface area contributed by atoms with Crippen LogP contribution < -0.4 is 10.6 Å². The predicted molar refractivity (Wildman–Crippen MR) is 105 cm³/mol. The molecule has 2 fully saturated rings. The molecule has 12 heteroatoms. The van der Waals surface area contributed by atoms with E-state index in [-0.39, 0.29) is 85.8 Å². The largest absolute Gasteiger partial charge is 0.758 e. The first-order valence-corrected chi connectivity index (χ1v) is 11.7. The van der Waals surface area contributed by atoms with Crippen LogP contribution in [0.5, 0.6) is 0 Å². The summed E-state index contributed by atoms with van der Waals surface area (Å²) >= 11 is 0. The average Bonchev–Trinajstić information content (AvgIpc) is 3.09. The second kappa shape index (κ2) is 14.0. The maximum Gasteiger partial charge on any atom is 0.237 e. The van der Waals surface area contributed by atoms with Gasteiger partial charge in [0.15, 0.2) is 0 Å². The summed E-state index contributed by atoms with van der Waals surface area (Å²) in [6.07, 6.45) is -0.991. The van der Waals surface area contributed by atoms with E-state index in [4.69, 9.17) is 33.7 Å². The number of phosphoric ester groups is 1. The number of phosphoric acid groups is 1. The first-order valence-electron chi connectivity index (χ1n) is 10.3. The van der Waals surface area contributed by atoms with Crippen molar-refractivity contribution in [2.75, 3.05) is 13.2 Å². The molecule has 0 bridgehead atoms. The van der Waals surface area contributed by atoms with Crippen molar-refractivity contribution < 1.29 is 79.6 Å². The van der Waals surface area contributed by atoms with E-state index in [2.05, 4.69) is 0 Å². The molecule has 2 N–H and O–H groups in total. The fourth-order valence-electron chi connectivity index (χ4n) is 3.64. The monoisotopic (exact) mass is 805 g/mol. The van der Waals surface area contributed by atoms with E-state index in [1.165, 1.54) is 0 Å². The number of rotatable bonds is 11. The van der Waals surface area contributed by atoms with Crippen molar-refractivity contribution in [3.63, 3.8) is 0 Å². The van der Waals surface area contributed by atoms with Crippen LogP contribution in [0.2, 0.25) is 0 Å². The summed E-state index contributed by atoms with van der Waals surface area (Å²) in [7, 11) is -4.67. The van der Waals surface area contributed by atoms with Gasteiger partial charge in [-0.3, -0.25) is 4.57 Å². The standard InChI is InChI=1S/C19H37NO8P.2W/c1-12(2)23-11-19(10-20)18(8-15(6)27-19)28-29(21,22)24-9-17-16(25-13(3)4)7-14(5)26-17;;/h9,12-18H,7-8,10-11,20H2,1-6H3,(H,21,22);;/q-1;;/p-1/t14-,15-,16+,17+,18+,19+;;/m0../s1. The van der Waals surface area contributed by atoms with Crippen molar-refractivity contribution in [2.45, 2.75) is 103 Å². The van der Waals surface area contributed by atoms with E-state index in [1.807, 2.05) is 41.5 Å². The third-order valence-electron chi connectivity index (χ3n) is 4.92. The van der Waals surface area contributed by atoms with Crippen molar-refractivity contribution >= 4 is 7.82 Å². The molecule has 0 saturated carbocycles. The molecular formula is C19H36NO8PW2-2. The van der Waals surface area contributed by atoms with Gasteiger partial charge in [-0.15, -0.1) is 0 Å². The van der Waals surface area contributed by atoms with Crippen molar-refractivity contribution in [3.8, 4) is 0 Å². The molecule has 0 aromatic heterocycles. The summed E-state index contributed by atoms with van der Waals surface area (Å²) in [6, 6.07) is 0. The third kappa shape index (κ3) is 9.82. The summed E-state index contributed by atoms with van der Waals surface area (Å²) in [5.74, 6) is 0. The van der Waals surface area contributed by atoms with Crippen molar-refractivity contribution in [3.05, 3.63) is 6.61 Å². The van der Waals surface area contributed by atoms with Gasteiger partial charge in [0.25, 0.3) is 0 Å². The van der Waals surface area contributed by atoms with Gasteiger partial charge >= 0.3 is 0 Å². The molecule has 0 radical (unpaired) electrons. The van der Waals surface area contributed by atoms with Crippen LogP contribution in [0.25, 0.3) is 0 Å². The zero-order valence-electron chi connectivity index (χ0n) is 19.1. The average molecular weight is 805 g/mol. The topological polar surface area (TPSA) is 122 Å². The fourth-order valence-corrected chi connectivity index (χ4v) is 4.55. The molecule has 184 valence electrons. The van der Waals surface area contributed by atoms with Gasteiger partial charge in [0, 0.05) is 55.1 Å². The first-order chi connectivity index (χ1) is 13.5. The number of hydrogen-bond acceptors (Lipinski definition) is 9. The van der Waals surface area contributed by atoms with Gasteiger partial charge in [0.1, 0.15) is 11.7 Å². The Morgan fingerprint density at radius 3 is 2.35 bits per heavy atom. The van der Waals surface area contributed by atoms with Gasteiger partial charge in [-0.05, 0) is 54.1 Å². The smallest absolute Gasteiger partial charge is 0.237 e. The van der Waals surface area contributed by atoms with E-state index in [0.29, 0.717) is 12.8 Å². The fraction of sp³-hybridized carbons (Fsp3) is 0.947. The SMILES string of the molecule is CC(C)OC[C@@]1(CN)O[C@@H](C)C[C@H]1OP(=O)([O-])O[CH-][C@H]1O[C@@H](C)C[C@H]1OC(C)C.[W].[W]. The van der Waals surface area contributed by atoms with Gasteiger partial charge in [0.2, 0.25) is 7.82 Å². The van der Waals surface area contributed by atoms with E-state index < -0.39 is 25.6 Å². The van der Waals surface area contributed by atoms with Crippen LogP contribution in [0.3, 0.4) is 0 Å². The minimum atomic E-state index is -4.67. The Morgan fingerprint density at radius 1 is 1.16 bits per heavy atom. The minimum absolute atomic E-state index is 0. The van der Waals surface area contributed by atoms with Crippen LogP contribution >= 0.6 is 7.82 Å². The molecule has 1 unspecified atom stereocenters. The van der Waals surface area contributed by atoms with Crippen LogP contribution in [0.15, 0.2) is 0 Å². The van der Waals surface area contributed by atoms with Gasteiger partial charge < -0.3 is 38.6 Å². The van der Waals surface area contributed by atoms with Crippen LogP contribution in [-0.2, 0) is 74.7 Å². The van der Waals surface area contributed by atoms with Crippen molar-refractivity contribution in [1.29, 1.82) is 0 Å². The second-order valence-electron chi connectivity index (χ2n) is 8.45. The van der Waals surface area contributed by atoms with Crippen molar-refractivity contribution in [1.82, 2.24) is 0 Å². The Balaban J connectivity index is 0.00000450. The van der Waals surface area contributed by atoms with E-state index >= 15 is 0 Å². The van der Waals surface area contributed by atoms with E-state index in [9.17, 15) is 9.46 Å². The predicted octanol–water partition coefficient (Wildman–Crippen LogP) is 1.92. The first kappa shape index (κ1) is 32.3. The van der Waals surface area contributed by atoms with Crippen LogP contribution in [0, 0.1) is 6.61 Å². The molecule has 7 atom stereocenters. The molecule has 2 heterocycles. The van der Waals surface area contributed by atoms with Crippen LogP contribution in [-0.4, -0.2) is 61.5 Å². The molecule has 2 aliphatic rings. The van der Waals surface area contributed by atoms with Gasteiger partial charge in [-0.1, -0.05) is 0 Å². The van der Waals surface area contributed by atoms with E-state index in [0.717, 1.165) is 6.61 Å². The summed E-state index contributed by atoms with van der Waals surface area (Å²) in [5, 5.41) is 0. The Kier molecular flexibility index (Phi) is 14.6. The summed E-state index contributed by atoms with van der Waals surface area (Å²) in [6.45, 7) is 12.7. The quantitative estimate of drug-likeness (QED) is 0.247. The molecule has 2 saturated heterocycles. The zero-order chi connectivity index (χ0) is 21.8. The molecule has 31 heavy (non-hydrogen) atoms. The molecule has 0 aromatic carbocycles. The second-order valence-corrected chi connectivity index (χ2v) is 9.76. The Labute approximate surface area is 214 Å². The molecule has 0 aliphatic carbocycles. The zero-order valence-corrected chi connectivity index (χ0v) is 25.8. The third-order valence-corrected chi connectivity index (χ3v) is 5.82. The maximum atomic E-state index is 12.5. The van der Waals surface area contributed by atoms with Gasteiger partial charge in [-0.2, -0.15) is 6.61 Å². The molecule has 0 aromatic rings. The molecule has 0 amide bonds. The number of hydrogen-bond donors (Lipinski definition) is 1. The normalized spacial score (nSPS) is 35.1. The minimum Gasteiger partial charge on any atom is -0.758 e. The van der Waals surface area contributed by atoms with Gasteiger partial charge in [-0.25, -0.2) is 0 Å². The molecule has 9 nitrogen and oxygen atoms in total. The number of ether oxygens (including phenoxy) is 4. The molecule has 2 aliphatic heterocycles. The Bertz CT molecular complexity index is 573.